The van der Waals surface area contributed by atoms with Gasteiger partial charge in [-0.3, -0.25) is 14.2 Å². The molecule has 2 heterocycles. The molecule has 0 aliphatic rings. The van der Waals surface area contributed by atoms with Crippen molar-refractivity contribution in [3.8, 4) is 11.3 Å². The lowest BCUT2D eigenvalue weighted by Crippen LogP contribution is -2.24. The zero-order valence-corrected chi connectivity index (χ0v) is 12.1. The number of fused-ring (bicyclic) bond motifs is 1. The molecule has 3 aromatic rings. The minimum Gasteiger partial charge on any atom is -0.480 e. The Hall–Kier alpha value is -2.25. The summed E-state index contributed by atoms with van der Waals surface area (Å²) in [5.41, 5.74) is 0.808. The summed E-state index contributed by atoms with van der Waals surface area (Å²) in [4.78, 5) is 27.7. The molecular weight excluding hydrogens is 314 g/mol. The second kappa shape index (κ2) is 5.27. The predicted molar refractivity (Wildman–Crippen MR) is 79.8 cm³/mol. The van der Waals surface area contributed by atoms with Gasteiger partial charge in [-0.05, 0) is 23.7 Å². The van der Waals surface area contributed by atoms with Gasteiger partial charge in [0.05, 0.1) is 12.0 Å². The number of nitrogens with zero attached hydrogens (tertiary/aromatic N) is 3. The third-order valence-electron chi connectivity index (χ3n) is 2.89. The van der Waals surface area contributed by atoms with Crippen LogP contribution >= 0.6 is 23.1 Å². The van der Waals surface area contributed by atoms with Crippen LogP contribution in [0.5, 0.6) is 0 Å². The van der Waals surface area contributed by atoms with Crippen molar-refractivity contribution in [1.29, 1.82) is 0 Å². The SMILES string of the molecule is O=C(O)Cn1cnc2snc(-c3ccc(Cl)cc3)c2c1=O. The molecule has 21 heavy (non-hydrogen) atoms. The number of carboxylic acid groups (broad SMARTS) is 1. The highest BCUT2D eigenvalue weighted by Gasteiger charge is 2.15. The van der Waals surface area contributed by atoms with Crippen LogP contribution in [0.3, 0.4) is 0 Å². The molecule has 0 saturated carbocycles. The lowest BCUT2D eigenvalue weighted by Gasteiger charge is -2.02. The van der Waals surface area contributed by atoms with Crippen LogP contribution in [0.4, 0.5) is 0 Å². The molecule has 1 N–H and O–H groups in total. The molecule has 0 unspecified atom stereocenters. The summed E-state index contributed by atoms with van der Waals surface area (Å²) in [5.74, 6) is -1.10. The van der Waals surface area contributed by atoms with Crippen LogP contribution in [-0.4, -0.2) is 25.0 Å². The van der Waals surface area contributed by atoms with Gasteiger partial charge in [0.25, 0.3) is 5.56 Å². The molecule has 0 bridgehead atoms. The normalized spacial score (nSPS) is 10.9. The number of carboxylic acids is 1. The number of hydrogen-bond acceptors (Lipinski definition) is 5. The number of aromatic nitrogens is 3. The highest BCUT2D eigenvalue weighted by atomic mass is 35.5. The summed E-state index contributed by atoms with van der Waals surface area (Å²) in [6.07, 6.45) is 1.22. The Kier molecular flexibility index (Phi) is 3.44. The fourth-order valence-electron chi connectivity index (χ4n) is 1.94. The Balaban J connectivity index is 2.22. The minimum absolute atomic E-state index is 0.325. The lowest BCUT2D eigenvalue weighted by molar-refractivity contribution is -0.137. The number of rotatable bonds is 3. The molecule has 2 aromatic heterocycles. The van der Waals surface area contributed by atoms with Crippen molar-refractivity contribution in [2.24, 2.45) is 0 Å². The smallest absolute Gasteiger partial charge is 0.323 e. The maximum atomic E-state index is 12.4. The highest BCUT2D eigenvalue weighted by molar-refractivity contribution is 7.13. The van der Waals surface area contributed by atoms with E-state index >= 15 is 0 Å². The molecule has 3 rings (SSSR count). The van der Waals surface area contributed by atoms with Gasteiger partial charge in [-0.15, -0.1) is 0 Å². The molecule has 106 valence electrons. The van der Waals surface area contributed by atoms with E-state index in [2.05, 4.69) is 9.36 Å². The third-order valence-corrected chi connectivity index (χ3v) is 3.89. The molecule has 0 aliphatic heterocycles. The van der Waals surface area contributed by atoms with Gasteiger partial charge in [-0.2, -0.15) is 4.37 Å². The van der Waals surface area contributed by atoms with Gasteiger partial charge >= 0.3 is 5.97 Å². The molecule has 0 fully saturated rings. The predicted octanol–water partition coefficient (Wildman–Crippen LogP) is 2.26. The number of hydrogen-bond donors (Lipinski definition) is 1. The van der Waals surface area contributed by atoms with E-state index in [0.717, 1.165) is 21.7 Å². The average Bonchev–Trinajstić information content (AvgIpc) is 2.87. The van der Waals surface area contributed by atoms with E-state index in [0.29, 0.717) is 20.9 Å². The Bertz CT molecular complexity index is 886. The minimum atomic E-state index is -1.10. The Labute approximate surface area is 127 Å². The van der Waals surface area contributed by atoms with E-state index in [1.54, 1.807) is 24.3 Å². The molecule has 6 nitrogen and oxygen atoms in total. The lowest BCUT2D eigenvalue weighted by atomic mass is 10.1. The van der Waals surface area contributed by atoms with E-state index in [4.69, 9.17) is 16.7 Å². The summed E-state index contributed by atoms with van der Waals surface area (Å²) in [5, 5.41) is 9.72. The largest absolute Gasteiger partial charge is 0.480 e. The molecule has 0 saturated heterocycles. The van der Waals surface area contributed by atoms with Gasteiger partial charge in [0, 0.05) is 10.6 Å². The fraction of sp³-hybridized carbons (Fsp3) is 0.0769. The van der Waals surface area contributed by atoms with Crippen molar-refractivity contribution in [1.82, 2.24) is 13.9 Å². The molecule has 8 heteroatoms. The highest BCUT2D eigenvalue weighted by Crippen LogP contribution is 2.27. The van der Waals surface area contributed by atoms with Crippen molar-refractivity contribution in [3.05, 3.63) is 46.0 Å². The molecule has 0 atom stereocenters. The first kappa shape index (κ1) is 13.7. The van der Waals surface area contributed by atoms with Gasteiger partial charge in [-0.1, -0.05) is 23.7 Å². The van der Waals surface area contributed by atoms with Crippen molar-refractivity contribution in [3.63, 3.8) is 0 Å². The Morgan fingerprint density at radius 1 is 1.33 bits per heavy atom. The maximum Gasteiger partial charge on any atom is 0.323 e. The summed E-state index contributed by atoms with van der Waals surface area (Å²) >= 11 is 6.94. The van der Waals surface area contributed by atoms with E-state index < -0.39 is 18.1 Å². The first-order valence-electron chi connectivity index (χ1n) is 5.89. The first-order valence-corrected chi connectivity index (χ1v) is 7.04. The molecule has 0 amide bonds. The van der Waals surface area contributed by atoms with E-state index in [-0.39, 0.29) is 0 Å². The average molecular weight is 322 g/mol. The Morgan fingerprint density at radius 2 is 2.05 bits per heavy atom. The molecule has 0 aliphatic carbocycles. The number of benzene rings is 1. The number of aliphatic carboxylic acids is 1. The van der Waals surface area contributed by atoms with Crippen LogP contribution in [0.1, 0.15) is 0 Å². The van der Waals surface area contributed by atoms with Crippen molar-refractivity contribution >= 4 is 39.3 Å². The van der Waals surface area contributed by atoms with Crippen molar-refractivity contribution in [2.75, 3.05) is 0 Å². The zero-order chi connectivity index (χ0) is 15.0. The second-order valence-electron chi connectivity index (χ2n) is 4.29. The standard InChI is InChI=1S/C13H8ClN3O3S/c14-8-3-1-7(2-4-8)11-10-12(21-16-11)15-6-17(13(10)20)5-9(18)19/h1-4,6H,5H2,(H,18,19). The summed E-state index contributed by atoms with van der Waals surface area (Å²) in [7, 11) is 0. The molecular formula is C13H8ClN3O3S. The van der Waals surface area contributed by atoms with Crippen LogP contribution in [0.25, 0.3) is 21.5 Å². The van der Waals surface area contributed by atoms with Gasteiger partial charge in [0.15, 0.2) is 4.83 Å². The fourth-order valence-corrected chi connectivity index (χ4v) is 2.81. The zero-order valence-electron chi connectivity index (χ0n) is 10.5. The number of carbonyl (C=O) groups is 1. The summed E-state index contributed by atoms with van der Waals surface area (Å²) in [6, 6.07) is 6.91. The summed E-state index contributed by atoms with van der Waals surface area (Å²) < 4.78 is 5.31. The number of halogens is 1. The maximum absolute atomic E-state index is 12.4. The van der Waals surface area contributed by atoms with Gasteiger partial charge in [0.2, 0.25) is 0 Å². The van der Waals surface area contributed by atoms with Crippen LogP contribution in [0, 0.1) is 0 Å². The van der Waals surface area contributed by atoms with Crippen LogP contribution in [-0.2, 0) is 11.3 Å². The van der Waals surface area contributed by atoms with E-state index in [1.807, 2.05) is 0 Å². The van der Waals surface area contributed by atoms with Crippen molar-refractivity contribution in [2.45, 2.75) is 6.54 Å². The van der Waals surface area contributed by atoms with E-state index in [1.165, 1.54) is 6.33 Å². The molecule has 0 radical (unpaired) electrons. The Morgan fingerprint density at radius 3 is 2.71 bits per heavy atom. The molecule has 0 spiro atoms. The topological polar surface area (TPSA) is 85.1 Å². The van der Waals surface area contributed by atoms with Crippen molar-refractivity contribution < 1.29 is 9.90 Å². The van der Waals surface area contributed by atoms with E-state index in [9.17, 15) is 9.59 Å². The van der Waals surface area contributed by atoms with Gasteiger partial charge in [0.1, 0.15) is 11.9 Å². The monoisotopic (exact) mass is 321 g/mol. The quantitative estimate of drug-likeness (QED) is 0.799. The van der Waals surface area contributed by atoms with Gasteiger partial charge in [-0.25, -0.2) is 4.98 Å². The third kappa shape index (κ3) is 2.53. The second-order valence-corrected chi connectivity index (χ2v) is 5.48. The molecule has 1 aromatic carbocycles. The van der Waals surface area contributed by atoms with Crippen LogP contribution in [0.15, 0.2) is 35.4 Å². The van der Waals surface area contributed by atoms with Gasteiger partial charge < -0.3 is 5.11 Å². The summed E-state index contributed by atoms with van der Waals surface area (Å²) in [6.45, 7) is -0.433. The first-order chi connectivity index (χ1) is 10.1. The van der Waals surface area contributed by atoms with Crippen LogP contribution in [0.2, 0.25) is 5.02 Å². The van der Waals surface area contributed by atoms with Crippen LogP contribution < -0.4 is 5.56 Å².